The highest BCUT2D eigenvalue weighted by molar-refractivity contribution is 5.97. The van der Waals surface area contributed by atoms with Gasteiger partial charge in [-0.05, 0) is 13.8 Å². The SMILES string of the molecule is COC(=O)C1=CN(C)C=C(C(=O)OC)C1C=C(C)C. The number of allylic oxidation sites excluding steroid dienone is 2. The smallest absolute Gasteiger partial charge is 0.336 e. The van der Waals surface area contributed by atoms with Crippen molar-refractivity contribution in [2.75, 3.05) is 21.3 Å². The van der Waals surface area contributed by atoms with E-state index in [0.717, 1.165) is 5.57 Å². The van der Waals surface area contributed by atoms with Crippen molar-refractivity contribution in [1.29, 1.82) is 0 Å². The Kier molecular flexibility index (Phi) is 4.92. The average Bonchev–Trinajstić information content (AvgIpc) is 2.37. The fourth-order valence-corrected chi connectivity index (χ4v) is 1.91. The predicted octanol–water partition coefficient (Wildman–Crippen LogP) is 1.63. The highest BCUT2D eigenvalue weighted by Crippen LogP contribution is 2.29. The molecule has 5 nitrogen and oxygen atoms in total. The number of nitrogens with zero attached hydrogens (tertiary/aromatic N) is 1. The highest BCUT2D eigenvalue weighted by atomic mass is 16.5. The van der Waals surface area contributed by atoms with Crippen LogP contribution in [0.4, 0.5) is 0 Å². The second kappa shape index (κ2) is 6.22. The van der Waals surface area contributed by atoms with E-state index in [-0.39, 0.29) is 0 Å². The quantitative estimate of drug-likeness (QED) is 0.573. The number of hydrogen-bond donors (Lipinski definition) is 0. The van der Waals surface area contributed by atoms with E-state index in [9.17, 15) is 9.59 Å². The Bertz CT molecular complexity index is 436. The van der Waals surface area contributed by atoms with Crippen LogP contribution in [0.3, 0.4) is 0 Å². The number of carbonyl (C=O) groups excluding carboxylic acids is 2. The molecular weight excluding hydrogens is 246 g/mol. The van der Waals surface area contributed by atoms with E-state index in [4.69, 9.17) is 9.47 Å². The van der Waals surface area contributed by atoms with Crippen LogP contribution in [0, 0.1) is 5.92 Å². The first-order valence-corrected chi connectivity index (χ1v) is 5.87. The summed E-state index contributed by atoms with van der Waals surface area (Å²) in [4.78, 5) is 25.3. The predicted molar refractivity (Wildman–Crippen MR) is 70.9 cm³/mol. The van der Waals surface area contributed by atoms with Crippen molar-refractivity contribution < 1.29 is 19.1 Å². The van der Waals surface area contributed by atoms with Gasteiger partial charge in [-0.3, -0.25) is 0 Å². The third kappa shape index (κ3) is 3.47. The monoisotopic (exact) mass is 265 g/mol. The topological polar surface area (TPSA) is 55.8 Å². The van der Waals surface area contributed by atoms with Crippen molar-refractivity contribution in [3.05, 3.63) is 35.2 Å². The first-order valence-electron chi connectivity index (χ1n) is 5.87. The molecule has 1 aliphatic rings. The number of ether oxygens (including phenoxy) is 2. The van der Waals surface area contributed by atoms with Gasteiger partial charge in [-0.25, -0.2) is 9.59 Å². The lowest BCUT2D eigenvalue weighted by atomic mass is 9.88. The summed E-state index contributed by atoms with van der Waals surface area (Å²) in [5, 5.41) is 0. The average molecular weight is 265 g/mol. The van der Waals surface area contributed by atoms with Gasteiger partial charge in [-0.15, -0.1) is 0 Å². The summed E-state index contributed by atoms with van der Waals surface area (Å²) in [5.41, 5.74) is 1.82. The summed E-state index contributed by atoms with van der Waals surface area (Å²) < 4.78 is 9.54. The lowest BCUT2D eigenvalue weighted by molar-refractivity contribution is -0.137. The Morgan fingerprint density at radius 2 is 1.53 bits per heavy atom. The van der Waals surface area contributed by atoms with Crippen molar-refractivity contribution >= 4 is 11.9 Å². The van der Waals surface area contributed by atoms with Gasteiger partial charge in [0.15, 0.2) is 0 Å². The van der Waals surface area contributed by atoms with Crippen molar-refractivity contribution in [2.45, 2.75) is 13.8 Å². The third-order valence-electron chi connectivity index (χ3n) is 2.70. The van der Waals surface area contributed by atoms with Crippen LogP contribution in [-0.4, -0.2) is 38.1 Å². The van der Waals surface area contributed by atoms with E-state index >= 15 is 0 Å². The number of methoxy groups -OCH3 is 2. The van der Waals surface area contributed by atoms with E-state index in [1.54, 1.807) is 24.3 Å². The van der Waals surface area contributed by atoms with Gasteiger partial charge in [-0.2, -0.15) is 0 Å². The largest absolute Gasteiger partial charge is 0.466 e. The van der Waals surface area contributed by atoms with Gasteiger partial charge in [0, 0.05) is 25.4 Å². The molecule has 104 valence electrons. The molecule has 0 bridgehead atoms. The van der Waals surface area contributed by atoms with Crippen LogP contribution in [0.2, 0.25) is 0 Å². The van der Waals surface area contributed by atoms with E-state index < -0.39 is 17.9 Å². The molecule has 0 amide bonds. The number of carbonyl (C=O) groups is 2. The van der Waals surface area contributed by atoms with Gasteiger partial charge >= 0.3 is 11.9 Å². The maximum atomic E-state index is 11.8. The Morgan fingerprint density at radius 3 is 1.84 bits per heavy atom. The second-order valence-corrected chi connectivity index (χ2v) is 4.54. The first-order chi connectivity index (χ1) is 8.90. The molecule has 0 aliphatic carbocycles. The standard InChI is InChI=1S/C14H19NO4/c1-9(2)6-10-11(13(16)18-4)7-15(3)8-12(10)14(17)19-5/h6-8,10H,1-5H3. The molecule has 0 fully saturated rings. The van der Waals surface area contributed by atoms with E-state index in [1.807, 2.05) is 19.9 Å². The maximum Gasteiger partial charge on any atom is 0.336 e. The number of hydrogen-bond acceptors (Lipinski definition) is 5. The maximum absolute atomic E-state index is 11.8. The molecule has 0 atom stereocenters. The minimum absolute atomic E-state index is 0.411. The normalized spacial score (nSPS) is 15.3. The van der Waals surface area contributed by atoms with Gasteiger partial charge in [0.25, 0.3) is 0 Å². The molecule has 1 aliphatic heterocycles. The summed E-state index contributed by atoms with van der Waals surface area (Å²) in [5.74, 6) is -1.35. The fraction of sp³-hybridized carbons (Fsp3) is 0.429. The van der Waals surface area contributed by atoms with E-state index in [1.165, 1.54) is 14.2 Å². The van der Waals surface area contributed by atoms with Crippen molar-refractivity contribution in [3.8, 4) is 0 Å². The third-order valence-corrected chi connectivity index (χ3v) is 2.70. The van der Waals surface area contributed by atoms with Crippen LogP contribution < -0.4 is 0 Å². The summed E-state index contributed by atoms with van der Waals surface area (Å²) >= 11 is 0. The zero-order valence-corrected chi connectivity index (χ0v) is 11.9. The summed E-state index contributed by atoms with van der Waals surface area (Å²) in [6.45, 7) is 3.81. The molecule has 19 heavy (non-hydrogen) atoms. The Morgan fingerprint density at radius 1 is 1.11 bits per heavy atom. The molecule has 0 aromatic carbocycles. The molecular formula is C14H19NO4. The molecule has 0 unspecified atom stereocenters. The summed E-state index contributed by atoms with van der Waals surface area (Å²) in [6.07, 6.45) is 5.16. The molecule has 0 radical (unpaired) electrons. The van der Waals surface area contributed by atoms with Crippen LogP contribution in [0.1, 0.15) is 13.8 Å². The molecule has 0 saturated heterocycles. The Hall–Kier alpha value is -2.04. The highest BCUT2D eigenvalue weighted by Gasteiger charge is 2.31. The van der Waals surface area contributed by atoms with Crippen molar-refractivity contribution in [1.82, 2.24) is 4.90 Å². The van der Waals surface area contributed by atoms with Crippen molar-refractivity contribution in [2.24, 2.45) is 5.92 Å². The van der Waals surface area contributed by atoms with E-state index in [2.05, 4.69) is 0 Å². The van der Waals surface area contributed by atoms with Crippen LogP contribution in [0.5, 0.6) is 0 Å². The second-order valence-electron chi connectivity index (χ2n) is 4.54. The van der Waals surface area contributed by atoms with Gasteiger partial charge in [0.1, 0.15) is 0 Å². The molecule has 0 spiro atoms. The van der Waals surface area contributed by atoms with Crippen molar-refractivity contribution in [3.63, 3.8) is 0 Å². The fourth-order valence-electron chi connectivity index (χ4n) is 1.91. The molecule has 0 aromatic rings. The zero-order valence-electron chi connectivity index (χ0n) is 11.9. The Labute approximate surface area is 113 Å². The molecule has 0 aromatic heterocycles. The zero-order chi connectivity index (χ0) is 14.6. The molecule has 0 saturated carbocycles. The number of esters is 2. The Balaban J connectivity index is 3.27. The summed E-state index contributed by atoms with van der Waals surface area (Å²) in [6, 6.07) is 0. The molecule has 0 N–H and O–H groups in total. The van der Waals surface area contributed by atoms with Gasteiger partial charge in [0.05, 0.1) is 25.4 Å². The minimum atomic E-state index is -0.455. The lowest BCUT2D eigenvalue weighted by Crippen LogP contribution is -2.27. The van der Waals surface area contributed by atoms with Crippen LogP contribution >= 0.6 is 0 Å². The molecule has 1 rings (SSSR count). The molecule has 1 heterocycles. The minimum Gasteiger partial charge on any atom is -0.466 e. The van der Waals surface area contributed by atoms with Crippen LogP contribution in [0.15, 0.2) is 35.2 Å². The molecule has 5 heteroatoms. The summed E-state index contributed by atoms with van der Waals surface area (Å²) in [7, 11) is 4.38. The van der Waals surface area contributed by atoms with Gasteiger partial charge < -0.3 is 14.4 Å². The van der Waals surface area contributed by atoms with Crippen LogP contribution in [0.25, 0.3) is 0 Å². The lowest BCUT2D eigenvalue weighted by Gasteiger charge is -2.26. The van der Waals surface area contributed by atoms with Crippen LogP contribution in [-0.2, 0) is 19.1 Å². The van der Waals surface area contributed by atoms with E-state index in [0.29, 0.717) is 11.1 Å². The first kappa shape index (κ1) is 15.0. The van der Waals surface area contributed by atoms with Gasteiger partial charge in [-0.1, -0.05) is 11.6 Å². The number of rotatable bonds is 3. The van der Waals surface area contributed by atoms with Gasteiger partial charge in [0.2, 0.25) is 0 Å².